The lowest BCUT2D eigenvalue weighted by Gasteiger charge is -2.16. The summed E-state index contributed by atoms with van der Waals surface area (Å²) in [4.78, 5) is 0. The van der Waals surface area contributed by atoms with Gasteiger partial charge in [0, 0.05) is 4.47 Å². The van der Waals surface area contributed by atoms with Gasteiger partial charge in [0.25, 0.3) is 0 Å². The van der Waals surface area contributed by atoms with Crippen molar-refractivity contribution in [3.05, 3.63) is 64.6 Å². The summed E-state index contributed by atoms with van der Waals surface area (Å²) in [5.41, 5.74) is 1.86. The van der Waals surface area contributed by atoms with Crippen LogP contribution in [0.2, 0.25) is 0 Å². The Kier molecular flexibility index (Phi) is 3.59. The predicted octanol–water partition coefficient (Wildman–Crippen LogP) is 3.84. The molecule has 0 amide bonds. The van der Waals surface area contributed by atoms with E-state index in [1.807, 2.05) is 54.6 Å². The highest BCUT2D eigenvalue weighted by Gasteiger charge is 2.03. The van der Waals surface area contributed by atoms with E-state index in [1.165, 1.54) is 5.06 Å². The topological polar surface area (TPSA) is 23.5 Å². The molecule has 0 radical (unpaired) electrons. The molecule has 0 heterocycles. The number of nitrogens with zero attached hydrogens (tertiary/aromatic N) is 1. The van der Waals surface area contributed by atoms with Gasteiger partial charge in [-0.1, -0.05) is 46.3 Å². The van der Waals surface area contributed by atoms with Crippen molar-refractivity contribution in [2.45, 2.75) is 6.54 Å². The van der Waals surface area contributed by atoms with Gasteiger partial charge in [0.1, 0.15) is 0 Å². The average Bonchev–Trinajstić information content (AvgIpc) is 2.31. The van der Waals surface area contributed by atoms with Crippen molar-refractivity contribution in [2.75, 3.05) is 5.06 Å². The molecule has 0 aliphatic heterocycles. The second-order valence-electron chi connectivity index (χ2n) is 3.52. The zero-order valence-corrected chi connectivity index (χ0v) is 10.3. The number of hydrogen-bond acceptors (Lipinski definition) is 2. The number of anilines is 1. The minimum atomic E-state index is 0.489. The Hall–Kier alpha value is -1.32. The van der Waals surface area contributed by atoms with Crippen molar-refractivity contribution in [1.82, 2.24) is 0 Å². The number of benzene rings is 2. The van der Waals surface area contributed by atoms with E-state index in [1.54, 1.807) is 0 Å². The lowest BCUT2D eigenvalue weighted by atomic mass is 10.2. The molecule has 0 bridgehead atoms. The fourth-order valence-electron chi connectivity index (χ4n) is 1.46. The van der Waals surface area contributed by atoms with Crippen molar-refractivity contribution >= 4 is 21.6 Å². The fourth-order valence-corrected chi connectivity index (χ4v) is 1.73. The van der Waals surface area contributed by atoms with Gasteiger partial charge in [0.15, 0.2) is 0 Å². The largest absolute Gasteiger partial charge is 0.288 e. The van der Waals surface area contributed by atoms with Gasteiger partial charge in [-0.15, -0.1) is 0 Å². The van der Waals surface area contributed by atoms with Gasteiger partial charge in [0.05, 0.1) is 12.2 Å². The third-order valence-corrected chi connectivity index (χ3v) is 2.83. The summed E-state index contributed by atoms with van der Waals surface area (Å²) in [6.07, 6.45) is 0. The third-order valence-electron chi connectivity index (χ3n) is 2.30. The smallest absolute Gasteiger partial charge is 0.0703 e. The molecule has 1 N–H and O–H groups in total. The standard InChI is InChI=1S/C13H12BrNO/c14-12-6-8-13(9-7-12)15(16)10-11-4-2-1-3-5-11/h1-9,16H,10H2. The molecule has 0 spiro atoms. The maximum Gasteiger partial charge on any atom is 0.0703 e. The van der Waals surface area contributed by atoms with Crippen LogP contribution in [0.15, 0.2) is 59.1 Å². The molecule has 3 heteroatoms. The van der Waals surface area contributed by atoms with Crippen LogP contribution in [0.1, 0.15) is 5.56 Å². The number of halogens is 1. The van der Waals surface area contributed by atoms with E-state index in [2.05, 4.69) is 15.9 Å². The highest BCUT2D eigenvalue weighted by molar-refractivity contribution is 9.10. The Labute approximate surface area is 103 Å². The highest BCUT2D eigenvalue weighted by atomic mass is 79.9. The Morgan fingerprint density at radius 3 is 2.19 bits per heavy atom. The van der Waals surface area contributed by atoms with E-state index in [4.69, 9.17) is 0 Å². The Morgan fingerprint density at radius 2 is 1.56 bits per heavy atom. The van der Waals surface area contributed by atoms with Gasteiger partial charge in [-0.3, -0.25) is 10.3 Å². The molecule has 82 valence electrons. The monoisotopic (exact) mass is 277 g/mol. The van der Waals surface area contributed by atoms with Gasteiger partial charge in [-0.2, -0.15) is 0 Å². The summed E-state index contributed by atoms with van der Waals surface area (Å²) >= 11 is 3.36. The molecule has 2 aromatic rings. The first kappa shape index (κ1) is 11.2. The molecular weight excluding hydrogens is 266 g/mol. The van der Waals surface area contributed by atoms with Crippen LogP contribution in [0.3, 0.4) is 0 Å². The van der Waals surface area contributed by atoms with E-state index in [0.29, 0.717) is 6.54 Å². The van der Waals surface area contributed by atoms with Crippen molar-refractivity contribution in [2.24, 2.45) is 0 Å². The van der Waals surface area contributed by atoms with Crippen LogP contribution in [0.25, 0.3) is 0 Å². The fraction of sp³-hybridized carbons (Fsp3) is 0.0769. The molecule has 0 aromatic heterocycles. The molecule has 16 heavy (non-hydrogen) atoms. The molecule has 0 atom stereocenters. The molecule has 2 rings (SSSR count). The molecule has 0 fully saturated rings. The molecule has 0 saturated carbocycles. The van der Waals surface area contributed by atoms with Crippen molar-refractivity contribution in [3.63, 3.8) is 0 Å². The Morgan fingerprint density at radius 1 is 0.938 bits per heavy atom. The predicted molar refractivity (Wildman–Crippen MR) is 68.6 cm³/mol. The van der Waals surface area contributed by atoms with Crippen molar-refractivity contribution in [3.8, 4) is 0 Å². The highest BCUT2D eigenvalue weighted by Crippen LogP contribution is 2.18. The minimum absolute atomic E-state index is 0.489. The zero-order chi connectivity index (χ0) is 11.4. The second-order valence-corrected chi connectivity index (χ2v) is 4.44. The first-order valence-corrected chi connectivity index (χ1v) is 5.81. The van der Waals surface area contributed by atoms with Crippen LogP contribution < -0.4 is 5.06 Å². The molecule has 0 unspecified atom stereocenters. The summed E-state index contributed by atoms with van der Waals surface area (Å²) in [5, 5.41) is 11.1. The quantitative estimate of drug-likeness (QED) is 0.862. The van der Waals surface area contributed by atoms with Gasteiger partial charge >= 0.3 is 0 Å². The molecule has 0 saturated heterocycles. The molecule has 0 aliphatic carbocycles. The summed E-state index contributed by atoms with van der Waals surface area (Å²) in [6, 6.07) is 17.4. The van der Waals surface area contributed by atoms with Crippen LogP contribution in [-0.2, 0) is 6.54 Å². The maximum atomic E-state index is 9.88. The number of hydrogen-bond donors (Lipinski definition) is 1. The van der Waals surface area contributed by atoms with Crippen molar-refractivity contribution in [1.29, 1.82) is 0 Å². The van der Waals surface area contributed by atoms with Crippen LogP contribution in [-0.4, -0.2) is 5.21 Å². The van der Waals surface area contributed by atoms with E-state index in [-0.39, 0.29) is 0 Å². The van der Waals surface area contributed by atoms with Gasteiger partial charge in [0.2, 0.25) is 0 Å². The summed E-state index contributed by atoms with van der Waals surface area (Å²) in [7, 11) is 0. The van der Waals surface area contributed by atoms with Gasteiger partial charge < -0.3 is 0 Å². The summed E-state index contributed by atoms with van der Waals surface area (Å²) < 4.78 is 1.00. The van der Waals surface area contributed by atoms with Crippen LogP contribution >= 0.6 is 15.9 Å². The van der Waals surface area contributed by atoms with E-state index < -0.39 is 0 Å². The van der Waals surface area contributed by atoms with Crippen LogP contribution in [0.5, 0.6) is 0 Å². The summed E-state index contributed by atoms with van der Waals surface area (Å²) in [5.74, 6) is 0. The van der Waals surface area contributed by atoms with E-state index in [9.17, 15) is 5.21 Å². The Bertz CT molecular complexity index is 441. The number of rotatable bonds is 3. The van der Waals surface area contributed by atoms with Crippen LogP contribution in [0, 0.1) is 0 Å². The zero-order valence-electron chi connectivity index (χ0n) is 8.68. The minimum Gasteiger partial charge on any atom is -0.288 e. The number of hydroxylamine groups is 1. The Balaban J connectivity index is 2.09. The lowest BCUT2D eigenvalue weighted by molar-refractivity contribution is 0.250. The summed E-state index contributed by atoms with van der Waals surface area (Å²) in [6.45, 7) is 0.489. The van der Waals surface area contributed by atoms with Gasteiger partial charge in [-0.25, -0.2) is 0 Å². The van der Waals surface area contributed by atoms with E-state index >= 15 is 0 Å². The maximum absolute atomic E-state index is 9.88. The van der Waals surface area contributed by atoms with Crippen LogP contribution in [0.4, 0.5) is 5.69 Å². The second kappa shape index (κ2) is 5.14. The third kappa shape index (κ3) is 2.84. The lowest BCUT2D eigenvalue weighted by Crippen LogP contribution is -2.16. The molecule has 2 nitrogen and oxygen atoms in total. The average molecular weight is 278 g/mol. The first-order chi connectivity index (χ1) is 7.75. The molecular formula is C13H12BrNO. The SMILES string of the molecule is ON(Cc1ccccc1)c1ccc(Br)cc1. The van der Waals surface area contributed by atoms with Crippen molar-refractivity contribution < 1.29 is 5.21 Å². The van der Waals surface area contributed by atoms with Gasteiger partial charge in [-0.05, 0) is 29.8 Å². The normalized spacial score (nSPS) is 10.1. The molecule has 2 aromatic carbocycles. The van der Waals surface area contributed by atoms with E-state index in [0.717, 1.165) is 15.7 Å². The molecule has 0 aliphatic rings. The first-order valence-electron chi connectivity index (χ1n) is 5.01.